The van der Waals surface area contributed by atoms with Gasteiger partial charge in [-0.2, -0.15) is 0 Å². The van der Waals surface area contributed by atoms with Gasteiger partial charge >= 0.3 is 0 Å². The molecule has 0 amide bonds. The van der Waals surface area contributed by atoms with Crippen LogP contribution in [0.4, 0.5) is 0 Å². The lowest BCUT2D eigenvalue weighted by Gasteiger charge is -2.17. The maximum absolute atomic E-state index is 5.60. The third kappa shape index (κ3) is 6.53. The van der Waals surface area contributed by atoms with E-state index in [1.807, 2.05) is 49.1 Å². The molecule has 11 aromatic carbocycles. The van der Waals surface area contributed by atoms with Crippen LogP contribution in [-0.2, 0) is 0 Å². The smallest absolute Gasteiger partial charge is 0.160 e. The lowest BCUT2D eigenvalue weighted by molar-refractivity contribution is 1.23. The molecule has 3 heterocycles. The minimum atomic E-state index is 0.664. The zero-order valence-corrected chi connectivity index (χ0v) is 37.9. The highest BCUT2D eigenvalue weighted by Crippen LogP contribution is 2.44. The fourth-order valence-electron chi connectivity index (χ4n) is 10.9. The van der Waals surface area contributed by atoms with Gasteiger partial charge in [-0.3, -0.25) is 9.97 Å². The van der Waals surface area contributed by atoms with E-state index in [9.17, 15) is 0 Å². The van der Waals surface area contributed by atoms with Gasteiger partial charge in [0.2, 0.25) is 0 Å². The highest BCUT2D eigenvalue weighted by molar-refractivity contribution is 6.27. The Labute approximate surface area is 403 Å². The molecule has 0 fully saturated rings. The topological polar surface area (TPSA) is 51.6 Å². The summed E-state index contributed by atoms with van der Waals surface area (Å²) in [7, 11) is 0. The number of benzene rings is 11. The molecule has 14 rings (SSSR count). The number of rotatable bonds is 6. The zero-order chi connectivity index (χ0) is 46.1. The van der Waals surface area contributed by atoms with Crippen LogP contribution >= 0.6 is 0 Å². The fourth-order valence-corrected chi connectivity index (χ4v) is 10.9. The van der Waals surface area contributed by atoms with E-state index in [0.717, 1.165) is 72.2 Å². The van der Waals surface area contributed by atoms with E-state index < -0.39 is 0 Å². The second-order valence-electron chi connectivity index (χ2n) is 18.1. The summed E-state index contributed by atoms with van der Waals surface area (Å²) in [5.74, 6) is 0.664. The van der Waals surface area contributed by atoms with Gasteiger partial charge in [0, 0.05) is 46.9 Å². The van der Waals surface area contributed by atoms with Crippen LogP contribution in [0.25, 0.3) is 143 Å². The molecule has 4 heteroatoms. The monoisotopic (exact) mass is 888 g/mol. The normalized spacial score (nSPS) is 11.7. The molecule has 0 N–H and O–H groups in total. The Morgan fingerprint density at radius 1 is 0.214 bits per heavy atom. The summed E-state index contributed by atoms with van der Waals surface area (Å²) in [6.45, 7) is 0. The van der Waals surface area contributed by atoms with Gasteiger partial charge in [0.05, 0.1) is 11.2 Å². The molecule has 0 atom stereocenters. The van der Waals surface area contributed by atoms with Crippen LogP contribution in [0.5, 0.6) is 0 Å². The summed E-state index contributed by atoms with van der Waals surface area (Å²) in [6, 6.07) is 79.3. The minimum Gasteiger partial charge on any atom is -0.265 e. The number of fused-ring (bicyclic) bond motifs is 13. The lowest BCUT2D eigenvalue weighted by atomic mass is 9.88. The first kappa shape index (κ1) is 39.8. The van der Waals surface area contributed by atoms with Crippen LogP contribution in [0.3, 0.4) is 0 Å². The molecule has 0 spiro atoms. The molecule has 14 aromatic rings. The van der Waals surface area contributed by atoms with Crippen molar-refractivity contribution < 1.29 is 0 Å². The largest absolute Gasteiger partial charge is 0.265 e. The molecule has 4 nitrogen and oxygen atoms in total. The van der Waals surface area contributed by atoms with E-state index in [2.05, 4.69) is 204 Å². The van der Waals surface area contributed by atoms with E-state index in [1.165, 1.54) is 64.6 Å². The standard InChI is InChI=1S/C66H40N4/c1-3-13-54-50(9-1)52-11-5-7-15-56(52)61-37-47(25-27-58(54)61)49-39-60(48-26-28-59-55-14-4-2-10-51(55)53-12-6-8-16-57(53)62(59)38-48)65-63(40-49)64(45-21-17-41(18-22-45)43-29-33-67-34-30-43)69-66(70-65)46-23-19-42(20-24-46)44-31-35-68-36-32-44/h1-40H. The Balaban J connectivity index is 1.06. The SMILES string of the molecule is c1ccc2c(c1)c1ccccc1c1cc(-c3cc(-c4ccc5c6ccccc6c6ccccc6c5c4)c4nc(-c5ccc(-c6ccncc6)cc5)nc(-c5ccc(-c6ccncc6)cc5)c4c3)ccc21. The average Bonchev–Trinajstić information content (AvgIpc) is 3.45. The Bertz CT molecular complexity index is 4310. The number of aromatic nitrogens is 4. The Hall–Kier alpha value is -9.38. The van der Waals surface area contributed by atoms with Crippen molar-refractivity contribution >= 4 is 75.5 Å². The summed E-state index contributed by atoms with van der Waals surface area (Å²) in [4.78, 5) is 19.6. The predicted octanol–water partition coefficient (Wildman–Crippen LogP) is 17.3. The number of pyridine rings is 2. The van der Waals surface area contributed by atoms with E-state index in [4.69, 9.17) is 9.97 Å². The Morgan fingerprint density at radius 2 is 0.557 bits per heavy atom. The van der Waals surface area contributed by atoms with E-state index in [0.29, 0.717) is 5.82 Å². The van der Waals surface area contributed by atoms with Gasteiger partial charge in [0.1, 0.15) is 0 Å². The van der Waals surface area contributed by atoms with Crippen LogP contribution in [0, 0.1) is 0 Å². The number of hydrogen-bond acceptors (Lipinski definition) is 4. The second-order valence-corrected chi connectivity index (χ2v) is 18.1. The van der Waals surface area contributed by atoms with Crippen molar-refractivity contribution in [3.63, 3.8) is 0 Å². The minimum absolute atomic E-state index is 0.664. The van der Waals surface area contributed by atoms with Gasteiger partial charge in [-0.15, -0.1) is 0 Å². The Morgan fingerprint density at radius 3 is 1.03 bits per heavy atom. The quantitative estimate of drug-likeness (QED) is 0.156. The van der Waals surface area contributed by atoms with Crippen molar-refractivity contribution in [2.24, 2.45) is 0 Å². The molecule has 70 heavy (non-hydrogen) atoms. The van der Waals surface area contributed by atoms with E-state index in [1.54, 1.807) is 0 Å². The average molecular weight is 889 g/mol. The third-order valence-electron chi connectivity index (χ3n) is 14.3. The molecule has 0 bridgehead atoms. The highest BCUT2D eigenvalue weighted by atomic mass is 14.9. The maximum Gasteiger partial charge on any atom is 0.160 e. The van der Waals surface area contributed by atoms with Crippen molar-refractivity contribution in [2.75, 3.05) is 0 Å². The van der Waals surface area contributed by atoms with Crippen LogP contribution in [0.2, 0.25) is 0 Å². The molecule has 0 saturated carbocycles. The first-order chi connectivity index (χ1) is 34.7. The van der Waals surface area contributed by atoms with Crippen molar-refractivity contribution in [3.05, 3.63) is 243 Å². The van der Waals surface area contributed by atoms with Gasteiger partial charge < -0.3 is 0 Å². The molecule has 0 aliphatic carbocycles. The van der Waals surface area contributed by atoms with Gasteiger partial charge in [-0.25, -0.2) is 9.97 Å². The molecule has 324 valence electrons. The molecule has 0 unspecified atom stereocenters. The summed E-state index contributed by atoms with van der Waals surface area (Å²) in [5, 5.41) is 15.9. The molecule has 3 aromatic heterocycles. The molecule has 0 aliphatic rings. The van der Waals surface area contributed by atoms with Crippen molar-refractivity contribution in [2.45, 2.75) is 0 Å². The first-order valence-electron chi connectivity index (χ1n) is 23.7. The summed E-state index contributed by atoms with van der Waals surface area (Å²) in [6.07, 6.45) is 7.34. The number of hydrogen-bond donors (Lipinski definition) is 0. The van der Waals surface area contributed by atoms with Crippen LogP contribution in [-0.4, -0.2) is 19.9 Å². The zero-order valence-electron chi connectivity index (χ0n) is 37.9. The predicted molar refractivity (Wildman–Crippen MR) is 293 cm³/mol. The molecule has 0 radical (unpaired) electrons. The first-order valence-corrected chi connectivity index (χ1v) is 23.7. The summed E-state index contributed by atoms with van der Waals surface area (Å²) < 4.78 is 0. The third-order valence-corrected chi connectivity index (χ3v) is 14.3. The van der Waals surface area contributed by atoms with E-state index in [-0.39, 0.29) is 0 Å². The van der Waals surface area contributed by atoms with Crippen LogP contribution < -0.4 is 0 Å². The van der Waals surface area contributed by atoms with Crippen molar-refractivity contribution in [1.82, 2.24) is 19.9 Å². The van der Waals surface area contributed by atoms with Crippen LogP contribution in [0.1, 0.15) is 0 Å². The van der Waals surface area contributed by atoms with Gasteiger partial charge in [-0.05, 0) is 152 Å². The second kappa shape index (κ2) is 16.2. The van der Waals surface area contributed by atoms with Gasteiger partial charge in [0.15, 0.2) is 5.82 Å². The van der Waals surface area contributed by atoms with Gasteiger partial charge in [-0.1, -0.05) is 170 Å². The van der Waals surface area contributed by atoms with Crippen molar-refractivity contribution in [1.29, 1.82) is 0 Å². The van der Waals surface area contributed by atoms with Gasteiger partial charge in [0.25, 0.3) is 0 Å². The Kier molecular flexibility index (Phi) is 9.17. The molecule has 0 aliphatic heterocycles. The lowest BCUT2D eigenvalue weighted by Crippen LogP contribution is -1.98. The molecular weight excluding hydrogens is 849 g/mol. The maximum atomic E-state index is 5.60. The van der Waals surface area contributed by atoms with E-state index >= 15 is 0 Å². The van der Waals surface area contributed by atoms with Crippen LogP contribution in [0.15, 0.2) is 243 Å². The fraction of sp³-hybridized carbons (Fsp3) is 0. The van der Waals surface area contributed by atoms with Crippen molar-refractivity contribution in [3.8, 4) is 67.2 Å². The summed E-state index contributed by atoms with van der Waals surface area (Å²) >= 11 is 0. The molecule has 0 saturated heterocycles. The number of nitrogens with zero attached hydrogens (tertiary/aromatic N) is 4. The summed E-state index contributed by atoms with van der Waals surface area (Å²) in [5.41, 5.74) is 12.5. The highest BCUT2D eigenvalue weighted by Gasteiger charge is 2.20. The molecular formula is C66H40N4.